The Balaban J connectivity index is 2.24. The van der Waals surface area contributed by atoms with Crippen molar-refractivity contribution in [2.45, 2.75) is 36.3 Å². The maximum absolute atomic E-state index is 12.8. The SMILES string of the molecule is CSC1(CN)CCN(S(=O)(=O)c2cc(C)ccc2C)CC1. The van der Waals surface area contributed by atoms with E-state index in [1.54, 1.807) is 22.1 Å². The molecule has 1 aliphatic heterocycles. The molecule has 118 valence electrons. The maximum atomic E-state index is 12.8. The van der Waals surface area contributed by atoms with Crippen molar-refractivity contribution < 1.29 is 8.42 Å². The second-order valence-electron chi connectivity index (χ2n) is 5.76. The van der Waals surface area contributed by atoms with E-state index in [1.807, 2.05) is 26.0 Å². The maximum Gasteiger partial charge on any atom is 0.243 e. The molecule has 2 rings (SSSR count). The molecular formula is C15H24N2O2S2. The van der Waals surface area contributed by atoms with E-state index >= 15 is 0 Å². The van der Waals surface area contributed by atoms with Crippen molar-refractivity contribution in [2.75, 3.05) is 25.9 Å². The molecule has 0 saturated carbocycles. The van der Waals surface area contributed by atoms with Gasteiger partial charge < -0.3 is 5.73 Å². The van der Waals surface area contributed by atoms with Gasteiger partial charge in [0.15, 0.2) is 0 Å². The van der Waals surface area contributed by atoms with Crippen LogP contribution in [-0.4, -0.2) is 43.4 Å². The van der Waals surface area contributed by atoms with Crippen LogP contribution < -0.4 is 5.73 Å². The fourth-order valence-electron chi connectivity index (χ4n) is 2.75. The van der Waals surface area contributed by atoms with E-state index in [9.17, 15) is 8.42 Å². The van der Waals surface area contributed by atoms with E-state index in [0.29, 0.717) is 24.5 Å². The van der Waals surface area contributed by atoms with Crippen LogP contribution in [0.2, 0.25) is 0 Å². The van der Waals surface area contributed by atoms with Gasteiger partial charge in [0.2, 0.25) is 10.0 Å². The number of hydrogen-bond donors (Lipinski definition) is 1. The van der Waals surface area contributed by atoms with Gasteiger partial charge in [0.25, 0.3) is 0 Å². The van der Waals surface area contributed by atoms with Gasteiger partial charge in [0.05, 0.1) is 4.90 Å². The first kappa shape index (κ1) is 16.8. The third-order valence-electron chi connectivity index (χ3n) is 4.40. The quantitative estimate of drug-likeness (QED) is 0.920. The van der Waals surface area contributed by atoms with Gasteiger partial charge in [-0.15, -0.1) is 0 Å². The third kappa shape index (κ3) is 3.28. The first-order valence-corrected chi connectivity index (χ1v) is 9.84. The summed E-state index contributed by atoms with van der Waals surface area (Å²) in [5, 5.41) is 0. The molecule has 21 heavy (non-hydrogen) atoms. The highest BCUT2D eigenvalue weighted by Gasteiger charge is 2.37. The molecule has 0 spiro atoms. The van der Waals surface area contributed by atoms with Crippen LogP contribution in [0.5, 0.6) is 0 Å². The number of hydrogen-bond acceptors (Lipinski definition) is 4. The lowest BCUT2D eigenvalue weighted by Crippen LogP contribution is -2.48. The van der Waals surface area contributed by atoms with Crippen LogP contribution in [0.4, 0.5) is 0 Å². The average Bonchev–Trinajstić information content (AvgIpc) is 2.49. The molecule has 0 aromatic heterocycles. The van der Waals surface area contributed by atoms with Gasteiger partial charge in [-0.2, -0.15) is 16.1 Å². The summed E-state index contributed by atoms with van der Waals surface area (Å²) in [4.78, 5) is 0.437. The summed E-state index contributed by atoms with van der Waals surface area (Å²) in [6, 6.07) is 5.58. The minimum Gasteiger partial charge on any atom is -0.329 e. The number of rotatable bonds is 4. The molecule has 0 amide bonds. The highest BCUT2D eigenvalue weighted by Crippen LogP contribution is 2.35. The predicted molar refractivity (Wildman–Crippen MR) is 89.2 cm³/mol. The summed E-state index contributed by atoms with van der Waals surface area (Å²) in [5.74, 6) is 0. The van der Waals surface area contributed by atoms with Crippen LogP contribution in [0.15, 0.2) is 23.1 Å². The number of nitrogens with two attached hydrogens (primary N) is 1. The molecule has 1 aromatic rings. The zero-order chi connectivity index (χ0) is 15.7. The number of benzene rings is 1. The number of piperidine rings is 1. The van der Waals surface area contributed by atoms with Gasteiger partial charge in [0.1, 0.15) is 0 Å². The van der Waals surface area contributed by atoms with Crippen molar-refractivity contribution in [1.82, 2.24) is 4.31 Å². The minimum absolute atomic E-state index is 0.0354. The molecule has 0 unspecified atom stereocenters. The Hall–Kier alpha value is -0.560. The van der Waals surface area contributed by atoms with E-state index < -0.39 is 10.0 Å². The lowest BCUT2D eigenvalue weighted by molar-refractivity contribution is 0.301. The number of aryl methyl sites for hydroxylation is 2. The molecule has 6 heteroatoms. The van der Waals surface area contributed by atoms with Gasteiger partial charge >= 0.3 is 0 Å². The Morgan fingerprint density at radius 2 is 1.90 bits per heavy atom. The van der Waals surface area contributed by atoms with Crippen molar-refractivity contribution in [1.29, 1.82) is 0 Å². The first-order valence-electron chi connectivity index (χ1n) is 7.17. The highest BCUT2D eigenvalue weighted by molar-refractivity contribution is 8.00. The van der Waals surface area contributed by atoms with Crippen molar-refractivity contribution in [3.05, 3.63) is 29.3 Å². The summed E-state index contributed by atoms with van der Waals surface area (Å²) < 4.78 is 27.3. The Morgan fingerprint density at radius 3 is 2.43 bits per heavy atom. The molecule has 0 bridgehead atoms. The van der Waals surface area contributed by atoms with Crippen LogP contribution in [0.25, 0.3) is 0 Å². The van der Waals surface area contributed by atoms with E-state index in [1.165, 1.54) is 0 Å². The molecule has 1 aromatic carbocycles. The zero-order valence-corrected chi connectivity index (χ0v) is 14.6. The Labute approximate surface area is 132 Å². The lowest BCUT2D eigenvalue weighted by atomic mass is 9.97. The molecular weight excluding hydrogens is 304 g/mol. The van der Waals surface area contributed by atoms with Gasteiger partial charge in [0, 0.05) is 24.4 Å². The first-order chi connectivity index (χ1) is 9.84. The van der Waals surface area contributed by atoms with E-state index in [0.717, 1.165) is 24.0 Å². The summed E-state index contributed by atoms with van der Waals surface area (Å²) in [7, 11) is -3.40. The third-order valence-corrected chi connectivity index (χ3v) is 7.88. The molecule has 4 nitrogen and oxygen atoms in total. The van der Waals surface area contributed by atoms with Gasteiger partial charge in [-0.1, -0.05) is 12.1 Å². The van der Waals surface area contributed by atoms with E-state index in [2.05, 4.69) is 6.26 Å². The number of thioether (sulfide) groups is 1. The van der Waals surface area contributed by atoms with Crippen molar-refractivity contribution in [3.8, 4) is 0 Å². The standard InChI is InChI=1S/C15H24N2O2S2/c1-12-4-5-13(2)14(10-12)21(18,19)17-8-6-15(11-16,20-3)7-9-17/h4-5,10H,6-9,11,16H2,1-3H3. The molecule has 1 saturated heterocycles. The largest absolute Gasteiger partial charge is 0.329 e. The molecule has 2 N–H and O–H groups in total. The molecule has 0 atom stereocenters. The van der Waals surface area contributed by atoms with Crippen LogP contribution in [0, 0.1) is 13.8 Å². The molecule has 0 aliphatic carbocycles. The predicted octanol–water partition coefficient (Wildman–Crippen LogP) is 2.15. The summed E-state index contributed by atoms with van der Waals surface area (Å²) in [6.07, 6.45) is 3.69. The number of sulfonamides is 1. The summed E-state index contributed by atoms with van der Waals surface area (Å²) in [5.41, 5.74) is 7.65. The van der Waals surface area contributed by atoms with E-state index in [4.69, 9.17) is 5.73 Å². The topological polar surface area (TPSA) is 63.4 Å². The average molecular weight is 329 g/mol. The fraction of sp³-hybridized carbons (Fsp3) is 0.600. The monoisotopic (exact) mass is 328 g/mol. The van der Waals surface area contributed by atoms with Gasteiger partial charge in [-0.3, -0.25) is 0 Å². The van der Waals surface area contributed by atoms with Crippen LogP contribution in [0.3, 0.4) is 0 Å². The lowest BCUT2D eigenvalue weighted by Gasteiger charge is -2.39. The molecule has 0 radical (unpaired) electrons. The second kappa shape index (κ2) is 6.28. The normalized spacial score (nSPS) is 19.6. The highest BCUT2D eigenvalue weighted by atomic mass is 32.2. The van der Waals surface area contributed by atoms with E-state index in [-0.39, 0.29) is 4.75 Å². The molecule has 1 heterocycles. The summed E-state index contributed by atoms with van der Waals surface area (Å²) in [6.45, 7) is 5.47. The van der Waals surface area contributed by atoms with Gasteiger partial charge in [-0.25, -0.2) is 8.42 Å². The van der Waals surface area contributed by atoms with Crippen molar-refractivity contribution in [2.24, 2.45) is 5.73 Å². The summed E-state index contributed by atoms with van der Waals surface area (Å²) >= 11 is 1.76. The minimum atomic E-state index is -3.40. The second-order valence-corrected chi connectivity index (χ2v) is 8.94. The Bertz CT molecular complexity index is 600. The Kier molecular flexibility index (Phi) is 5.03. The molecule has 1 aliphatic rings. The fourth-order valence-corrected chi connectivity index (χ4v) is 5.26. The van der Waals surface area contributed by atoms with Crippen LogP contribution >= 0.6 is 11.8 Å². The van der Waals surface area contributed by atoms with Crippen molar-refractivity contribution in [3.63, 3.8) is 0 Å². The molecule has 1 fully saturated rings. The van der Waals surface area contributed by atoms with Gasteiger partial charge in [-0.05, 0) is 50.1 Å². The van der Waals surface area contributed by atoms with Crippen molar-refractivity contribution >= 4 is 21.8 Å². The van der Waals surface area contributed by atoms with Crippen LogP contribution in [-0.2, 0) is 10.0 Å². The zero-order valence-electron chi connectivity index (χ0n) is 12.9. The number of nitrogens with zero attached hydrogens (tertiary/aromatic N) is 1. The smallest absolute Gasteiger partial charge is 0.243 e. The van der Waals surface area contributed by atoms with Crippen LogP contribution in [0.1, 0.15) is 24.0 Å². The Morgan fingerprint density at radius 1 is 1.29 bits per heavy atom.